The summed E-state index contributed by atoms with van der Waals surface area (Å²) in [5.74, 6) is 20.0. The highest BCUT2D eigenvalue weighted by atomic mass is 32.1. The average molecular weight is 454 g/mol. The Kier molecular flexibility index (Phi) is 1.03. The molecule has 0 aromatic rings. The fraction of sp³-hybridized carbons (Fsp3) is 1.00. The van der Waals surface area contributed by atoms with Crippen LogP contribution in [0.1, 0.15) is 25.7 Å². The van der Waals surface area contributed by atoms with E-state index in [0.717, 1.165) is 78.3 Å². The van der Waals surface area contributed by atoms with E-state index in [1.807, 2.05) is 0 Å². The Labute approximate surface area is 205 Å². The van der Waals surface area contributed by atoms with E-state index in [0.29, 0.717) is 5.25 Å². The van der Waals surface area contributed by atoms with E-state index in [1.54, 1.807) is 19.3 Å². The molecule has 2 heteroatoms. The van der Waals surface area contributed by atoms with Gasteiger partial charge in [0.25, 0.3) is 0 Å². The molecule has 0 bridgehead atoms. The van der Waals surface area contributed by atoms with Crippen molar-refractivity contribution in [2.45, 2.75) is 36.2 Å². The van der Waals surface area contributed by atoms with Gasteiger partial charge < -0.3 is 0 Å². The predicted octanol–water partition coefficient (Wildman–Crippen LogP) is 3.78. The minimum atomic E-state index is 0.270. The second-order valence-electron chi connectivity index (χ2n) is 19.6. The van der Waals surface area contributed by atoms with Gasteiger partial charge in [-0.1, -0.05) is 5.31 Å². The average Bonchev–Trinajstić information content (AvgIpc) is 2.71. The smallest absolute Gasteiger partial charge is 0.0758 e. The third kappa shape index (κ3) is 0.428. The molecule has 19 rings (SSSR count). The Morgan fingerprint density at radius 1 is 0.500 bits per heavy atom. The van der Waals surface area contributed by atoms with Crippen molar-refractivity contribution in [2.24, 2.45) is 149 Å². The molecule has 34 heavy (non-hydrogen) atoms. The highest BCUT2D eigenvalue weighted by Gasteiger charge is 3.44. The summed E-state index contributed by atoms with van der Waals surface area (Å²) in [6, 6.07) is 0. The molecule has 0 aromatic heterocycles. The molecule has 2 radical (unpaired) electrons. The number of rotatable bonds is 0. The molecule has 28 unspecified atom stereocenters. The lowest BCUT2D eigenvalue weighted by Gasteiger charge is -3.45. The van der Waals surface area contributed by atoms with Gasteiger partial charge >= 0.3 is 0 Å². The van der Waals surface area contributed by atoms with Gasteiger partial charge in [0, 0.05) is 5.25 Å². The second-order valence-corrected chi connectivity index (χ2v) is 20.2. The summed E-state index contributed by atoms with van der Waals surface area (Å²) >= 11 is 5.71. The molecule has 0 aliphatic heterocycles. The van der Waals surface area contributed by atoms with Gasteiger partial charge in [-0.2, -0.15) is 12.6 Å². The van der Waals surface area contributed by atoms with Crippen LogP contribution in [0.15, 0.2) is 0 Å². The van der Waals surface area contributed by atoms with Crippen molar-refractivity contribution in [1.82, 2.24) is 0 Å². The third-order valence-corrected chi connectivity index (χ3v) is 25.0. The molecule has 0 N–H and O–H groups in total. The zero-order valence-electron chi connectivity index (χ0n) is 19.2. The van der Waals surface area contributed by atoms with Crippen LogP contribution in [0.25, 0.3) is 0 Å². The SMILES string of the molecule is [B]C12C3CC1C1CC4C1C15C4C4C6C7C8CC9C%10CC%11C%12C%13C(C3S)C3(C21)C45C61C72C98C%10%11C%122C%1331. The van der Waals surface area contributed by atoms with Crippen molar-refractivity contribution in [1.29, 1.82) is 0 Å². The molecule has 0 aromatic carbocycles. The van der Waals surface area contributed by atoms with Crippen LogP contribution >= 0.6 is 12.6 Å². The van der Waals surface area contributed by atoms with Crippen LogP contribution in [0.2, 0.25) is 5.31 Å². The summed E-state index contributed by atoms with van der Waals surface area (Å²) in [6.45, 7) is 0. The van der Waals surface area contributed by atoms with Crippen molar-refractivity contribution in [3.63, 3.8) is 0 Å². The maximum atomic E-state index is 7.97. The number of hydrogen-bond acceptors (Lipinski definition) is 1. The van der Waals surface area contributed by atoms with E-state index < -0.39 is 0 Å². The van der Waals surface area contributed by atoms with E-state index >= 15 is 0 Å². The summed E-state index contributed by atoms with van der Waals surface area (Å²) in [4.78, 5) is 0. The van der Waals surface area contributed by atoms with Gasteiger partial charge in [-0.25, -0.2) is 0 Å². The molecular formula is C32H27BS. The second kappa shape index (κ2) is 2.50. The summed E-state index contributed by atoms with van der Waals surface area (Å²) in [5.41, 5.74) is 8.51. The zero-order chi connectivity index (χ0) is 20.2. The molecule has 9 spiro atoms. The van der Waals surface area contributed by atoms with Crippen LogP contribution in [0.5, 0.6) is 0 Å². The molecule has 164 valence electrons. The zero-order valence-corrected chi connectivity index (χ0v) is 20.1. The van der Waals surface area contributed by atoms with E-state index in [9.17, 15) is 0 Å². The van der Waals surface area contributed by atoms with Gasteiger partial charge in [-0.15, -0.1) is 0 Å². The summed E-state index contributed by atoms with van der Waals surface area (Å²) < 4.78 is 0. The Hall–Kier alpha value is 0.415. The highest BCUT2D eigenvalue weighted by Crippen LogP contribution is 3.46. The topological polar surface area (TPSA) is 0 Å². The fourth-order valence-electron chi connectivity index (χ4n) is 28.4. The lowest BCUT2D eigenvalue weighted by Crippen LogP contribution is -3.43. The van der Waals surface area contributed by atoms with E-state index in [1.165, 1.54) is 77.4 Å². The number of hydrogen-bond donors (Lipinski definition) is 1. The molecule has 0 saturated heterocycles. The van der Waals surface area contributed by atoms with Gasteiger partial charge in [-0.3, -0.25) is 0 Å². The van der Waals surface area contributed by atoms with E-state index in [2.05, 4.69) is 0 Å². The third-order valence-electron chi connectivity index (χ3n) is 24.3. The maximum Gasteiger partial charge on any atom is 0.0758 e. The summed E-state index contributed by atoms with van der Waals surface area (Å²) in [5, 5.41) is 0.980. The highest BCUT2D eigenvalue weighted by molar-refractivity contribution is 7.81. The Bertz CT molecular complexity index is 1630. The minimum absolute atomic E-state index is 0.270. The first-order valence-electron chi connectivity index (χ1n) is 16.1. The monoisotopic (exact) mass is 454 g/mol. The Balaban J connectivity index is 1.04. The molecule has 0 amide bonds. The van der Waals surface area contributed by atoms with Gasteiger partial charge in [0.05, 0.1) is 7.85 Å². The van der Waals surface area contributed by atoms with Crippen LogP contribution in [0.4, 0.5) is 0 Å². The number of thiol groups is 1. The van der Waals surface area contributed by atoms with Crippen LogP contribution < -0.4 is 0 Å². The van der Waals surface area contributed by atoms with Crippen LogP contribution in [0.3, 0.4) is 0 Å². The van der Waals surface area contributed by atoms with Crippen molar-refractivity contribution >= 4 is 20.5 Å². The first-order chi connectivity index (χ1) is 16.7. The first-order valence-corrected chi connectivity index (χ1v) is 16.7. The largest absolute Gasteiger partial charge is 0.175 e. The molecule has 19 fully saturated rings. The lowest BCUT2D eigenvalue weighted by atomic mass is 8.58. The predicted molar refractivity (Wildman–Crippen MR) is 121 cm³/mol. The van der Waals surface area contributed by atoms with Gasteiger partial charge in [-0.05, 0) is 175 Å². The molecular weight excluding hydrogens is 427 g/mol. The quantitative estimate of drug-likeness (QED) is 0.418. The summed E-state index contributed by atoms with van der Waals surface area (Å²) in [7, 11) is 7.97. The van der Waals surface area contributed by atoms with Crippen LogP contribution in [0, 0.1) is 149 Å². The van der Waals surface area contributed by atoms with Crippen molar-refractivity contribution in [3.05, 3.63) is 0 Å². The Morgan fingerprint density at radius 3 is 1.94 bits per heavy atom. The molecule has 19 saturated carbocycles. The molecule has 19 aliphatic rings. The number of fused-ring (bicyclic) bond motifs is 10. The maximum absolute atomic E-state index is 7.97. The van der Waals surface area contributed by atoms with Gasteiger partial charge in [0.1, 0.15) is 0 Å². The fourth-order valence-corrected chi connectivity index (χ4v) is 29.2. The van der Waals surface area contributed by atoms with Crippen LogP contribution in [-0.2, 0) is 0 Å². The normalized spacial score (nSPS) is 117. The standard InChI is InChI=1S/C32H27BS/c33-24-7-2-12(24)21(34)20-19-16-11-3-8-9-4-10-15-18-17-14-6-1-5(7)13(6)23(14)22(24)27(20)28(17,23)32(18)30(15)26(9,10)25(8,11)29(16,30)31(19,27)32/h5-22,34H,1-4H2. The molecule has 0 nitrogen and oxygen atoms in total. The van der Waals surface area contributed by atoms with Crippen molar-refractivity contribution < 1.29 is 0 Å². The Morgan fingerprint density at radius 2 is 1.15 bits per heavy atom. The molecule has 28 atom stereocenters. The minimum Gasteiger partial charge on any atom is -0.175 e. The lowest BCUT2D eigenvalue weighted by molar-refractivity contribution is -0.994. The molecule has 19 aliphatic carbocycles. The summed E-state index contributed by atoms with van der Waals surface area (Å²) in [6.07, 6.45) is 6.60. The van der Waals surface area contributed by atoms with Crippen LogP contribution in [-0.4, -0.2) is 13.1 Å². The van der Waals surface area contributed by atoms with Gasteiger partial charge in [0.15, 0.2) is 0 Å². The molecule has 0 heterocycles. The van der Waals surface area contributed by atoms with Crippen molar-refractivity contribution in [3.8, 4) is 0 Å². The van der Waals surface area contributed by atoms with E-state index in [4.69, 9.17) is 20.5 Å². The first kappa shape index (κ1) is 14.0. The van der Waals surface area contributed by atoms with Gasteiger partial charge in [0.2, 0.25) is 0 Å². The van der Waals surface area contributed by atoms with Crippen molar-refractivity contribution in [2.75, 3.05) is 0 Å². The van der Waals surface area contributed by atoms with E-state index in [-0.39, 0.29) is 5.31 Å².